The molecule has 0 saturated carbocycles. The molecular weight excluding hydrogens is 510 g/mol. The van der Waals surface area contributed by atoms with Crippen LogP contribution in [-0.4, -0.2) is 93.5 Å². The standard InChI is InChI=1S/C28H35N9O3/c1-32(2)16-18-39-21-8-6-20(7-9-21)35-13-10-34(11-14-35)12-15-36-26-25(33(3)28(36)38)23-19-22(24-5-4-17-40-24)31-37(23)27(29)30-26/h4-9,17,19H,10-16,18H2,1-3H3,(H2,29,30). The molecule has 12 nitrogen and oxygen atoms in total. The average Bonchev–Trinajstić information content (AvgIpc) is 3.68. The Morgan fingerprint density at radius 1 is 1.07 bits per heavy atom. The molecule has 210 valence electrons. The van der Waals surface area contributed by atoms with Gasteiger partial charge in [0, 0.05) is 58.5 Å². The molecule has 40 heavy (non-hydrogen) atoms. The fourth-order valence-electron chi connectivity index (χ4n) is 5.24. The lowest BCUT2D eigenvalue weighted by atomic mass is 10.2. The van der Waals surface area contributed by atoms with Crippen LogP contribution in [0.2, 0.25) is 0 Å². The molecule has 0 unspecified atom stereocenters. The fraction of sp³-hybridized carbons (Fsp3) is 0.393. The molecule has 0 bridgehead atoms. The smallest absolute Gasteiger partial charge is 0.330 e. The highest BCUT2D eigenvalue weighted by molar-refractivity contribution is 5.91. The van der Waals surface area contributed by atoms with Gasteiger partial charge in [-0.2, -0.15) is 14.6 Å². The zero-order chi connectivity index (χ0) is 27.8. The number of nitrogens with zero attached hydrogens (tertiary/aromatic N) is 8. The van der Waals surface area contributed by atoms with Crippen LogP contribution in [0, 0.1) is 0 Å². The lowest BCUT2D eigenvalue weighted by Gasteiger charge is -2.36. The van der Waals surface area contributed by atoms with Gasteiger partial charge in [0.1, 0.15) is 23.6 Å². The lowest BCUT2D eigenvalue weighted by Crippen LogP contribution is -2.47. The molecule has 6 rings (SSSR count). The summed E-state index contributed by atoms with van der Waals surface area (Å²) in [7, 11) is 5.84. The molecule has 0 spiro atoms. The van der Waals surface area contributed by atoms with Gasteiger partial charge in [0.2, 0.25) is 5.95 Å². The Hall–Kier alpha value is -4.29. The molecule has 1 aliphatic rings. The monoisotopic (exact) mass is 545 g/mol. The summed E-state index contributed by atoms with van der Waals surface area (Å²) < 4.78 is 16.2. The van der Waals surface area contributed by atoms with E-state index in [1.807, 2.05) is 44.4 Å². The van der Waals surface area contributed by atoms with Crippen molar-refractivity contribution in [1.82, 2.24) is 33.5 Å². The van der Waals surface area contributed by atoms with Gasteiger partial charge in [0.25, 0.3) is 0 Å². The van der Waals surface area contributed by atoms with Gasteiger partial charge in [0.15, 0.2) is 11.4 Å². The topological polar surface area (TPSA) is 115 Å². The number of aryl methyl sites for hydroxylation is 1. The van der Waals surface area contributed by atoms with Gasteiger partial charge in [-0.05, 0) is 56.6 Å². The van der Waals surface area contributed by atoms with Gasteiger partial charge in [-0.1, -0.05) is 0 Å². The Balaban J connectivity index is 1.12. The number of rotatable bonds is 9. The number of imidazole rings is 1. The summed E-state index contributed by atoms with van der Waals surface area (Å²) in [5.74, 6) is 1.75. The number of benzene rings is 1. The van der Waals surface area contributed by atoms with Crippen molar-refractivity contribution in [3.63, 3.8) is 0 Å². The molecule has 1 saturated heterocycles. The van der Waals surface area contributed by atoms with E-state index in [9.17, 15) is 4.79 Å². The van der Waals surface area contributed by atoms with Crippen molar-refractivity contribution in [3.8, 4) is 17.2 Å². The van der Waals surface area contributed by atoms with E-state index in [0.29, 0.717) is 35.8 Å². The molecule has 2 N–H and O–H groups in total. The molecule has 1 fully saturated rings. The van der Waals surface area contributed by atoms with Crippen LogP contribution >= 0.6 is 0 Å². The van der Waals surface area contributed by atoms with E-state index in [1.165, 1.54) is 5.69 Å². The zero-order valence-corrected chi connectivity index (χ0v) is 23.2. The number of nitrogens with two attached hydrogens (primary N) is 1. The molecule has 5 heterocycles. The molecule has 1 aromatic carbocycles. The van der Waals surface area contributed by atoms with Gasteiger partial charge in [-0.15, -0.1) is 0 Å². The first kappa shape index (κ1) is 26.0. The Morgan fingerprint density at radius 2 is 1.85 bits per heavy atom. The summed E-state index contributed by atoms with van der Waals surface area (Å²) in [5.41, 5.74) is 9.97. The molecule has 0 radical (unpaired) electrons. The molecule has 0 amide bonds. The number of aromatic nitrogens is 5. The van der Waals surface area contributed by atoms with Gasteiger partial charge >= 0.3 is 5.69 Å². The van der Waals surface area contributed by atoms with E-state index in [2.05, 4.69) is 36.9 Å². The number of hydrogen-bond acceptors (Lipinski definition) is 9. The van der Waals surface area contributed by atoms with E-state index >= 15 is 0 Å². The Bertz CT molecular complexity index is 1660. The summed E-state index contributed by atoms with van der Waals surface area (Å²) in [4.78, 5) is 24.7. The van der Waals surface area contributed by atoms with E-state index in [1.54, 1.807) is 27.0 Å². The van der Waals surface area contributed by atoms with Crippen molar-refractivity contribution in [3.05, 3.63) is 59.2 Å². The van der Waals surface area contributed by atoms with Crippen LogP contribution in [0.15, 0.2) is 57.9 Å². The summed E-state index contributed by atoms with van der Waals surface area (Å²) >= 11 is 0. The first-order valence-corrected chi connectivity index (χ1v) is 13.5. The molecule has 5 aromatic rings. The van der Waals surface area contributed by atoms with Crippen LogP contribution in [0.4, 0.5) is 11.6 Å². The molecule has 1 aliphatic heterocycles. The zero-order valence-electron chi connectivity index (χ0n) is 23.2. The van der Waals surface area contributed by atoms with Crippen molar-refractivity contribution in [2.75, 3.05) is 70.6 Å². The maximum Gasteiger partial charge on any atom is 0.330 e. The number of piperazine rings is 1. The highest BCUT2D eigenvalue weighted by atomic mass is 16.5. The largest absolute Gasteiger partial charge is 0.492 e. The molecular formula is C28H35N9O3. The highest BCUT2D eigenvalue weighted by Crippen LogP contribution is 2.26. The van der Waals surface area contributed by atoms with Crippen LogP contribution in [0.5, 0.6) is 5.75 Å². The van der Waals surface area contributed by atoms with Crippen LogP contribution in [0.3, 0.4) is 0 Å². The minimum atomic E-state index is -0.123. The van der Waals surface area contributed by atoms with Crippen LogP contribution < -0.4 is 21.1 Å². The molecule has 4 aromatic heterocycles. The summed E-state index contributed by atoms with van der Waals surface area (Å²) in [6, 6.07) is 13.9. The fourth-order valence-corrected chi connectivity index (χ4v) is 5.24. The van der Waals surface area contributed by atoms with Crippen LogP contribution in [0.1, 0.15) is 0 Å². The van der Waals surface area contributed by atoms with Crippen molar-refractivity contribution in [1.29, 1.82) is 0 Å². The number of hydrogen-bond donors (Lipinski definition) is 1. The van der Waals surface area contributed by atoms with Crippen LogP contribution in [0.25, 0.3) is 28.1 Å². The number of fused-ring (bicyclic) bond motifs is 3. The number of nitrogen functional groups attached to an aromatic ring is 1. The maximum atomic E-state index is 13.3. The van der Waals surface area contributed by atoms with E-state index < -0.39 is 0 Å². The van der Waals surface area contributed by atoms with E-state index in [4.69, 9.17) is 14.9 Å². The van der Waals surface area contributed by atoms with Crippen molar-refractivity contribution in [2.45, 2.75) is 6.54 Å². The van der Waals surface area contributed by atoms with Crippen molar-refractivity contribution >= 4 is 28.3 Å². The lowest BCUT2D eigenvalue weighted by molar-refractivity contribution is 0.247. The van der Waals surface area contributed by atoms with E-state index in [-0.39, 0.29) is 11.6 Å². The quantitative estimate of drug-likeness (QED) is 0.297. The first-order chi connectivity index (χ1) is 19.4. The second kappa shape index (κ2) is 10.7. The Labute approximate surface area is 231 Å². The highest BCUT2D eigenvalue weighted by Gasteiger charge is 2.22. The third-order valence-electron chi connectivity index (χ3n) is 7.51. The predicted molar refractivity (Wildman–Crippen MR) is 155 cm³/mol. The number of ether oxygens (including phenoxy) is 1. The maximum absolute atomic E-state index is 13.3. The summed E-state index contributed by atoms with van der Waals surface area (Å²) in [6.45, 7) is 6.49. The minimum absolute atomic E-state index is 0.123. The van der Waals surface area contributed by atoms with Crippen LogP contribution in [-0.2, 0) is 13.6 Å². The second-order valence-corrected chi connectivity index (χ2v) is 10.4. The van der Waals surface area contributed by atoms with Gasteiger partial charge < -0.3 is 24.7 Å². The molecule has 0 aliphatic carbocycles. The average molecular weight is 546 g/mol. The number of anilines is 2. The second-order valence-electron chi connectivity index (χ2n) is 10.4. The normalized spacial score (nSPS) is 14.7. The van der Waals surface area contributed by atoms with Gasteiger partial charge in [-0.25, -0.2) is 4.79 Å². The predicted octanol–water partition coefficient (Wildman–Crippen LogP) is 1.99. The van der Waals surface area contributed by atoms with Crippen molar-refractivity contribution < 1.29 is 9.15 Å². The number of furan rings is 1. The third-order valence-corrected chi connectivity index (χ3v) is 7.51. The van der Waals surface area contributed by atoms with Gasteiger partial charge in [0.05, 0.1) is 11.8 Å². The third kappa shape index (κ3) is 4.91. The Morgan fingerprint density at radius 3 is 2.55 bits per heavy atom. The van der Waals surface area contributed by atoms with Gasteiger partial charge in [-0.3, -0.25) is 14.0 Å². The Kier molecular flexibility index (Phi) is 6.95. The minimum Gasteiger partial charge on any atom is -0.492 e. The number of likely N-dealkylation sites (N-methyl/N-ethyl adjacent to an activating group) is 1. The van der Waals surface area contributed by atoms with E-state index in [0.717, 1.165) is 50.5 Å². The molecule has 12 heteroatoms. The van der Waals surface area contributed by atoms with Crippen molar-refractivity contribution in [2.24, 2.45) is 7.05 Å². The SMILES string of the molecule is CN(C)CCOc1ccc(N2CCN(CCn3c(=O)n(C)c4c3nc(N)n3nc(-c5ccco5)cc43)CC2)cc1. The summed E-state index contributed by atoms with van der Waals surface area (Å²) in [6.07, 6.45) is 1.60. The summed E-state index contributed by atoms with van der Waals surface area (Å²) in [5, 5.41) is 4.55. The first-order valence-electron chi connectivity index (χ1n) is 13.5. The molecule has 0 atom stereocenters.